The maximum atomic E-state index is 11.7. The van der Waals surface area contributed by atoms with Crippen LogP contribution in [-0.2, 0) is 9.53 Å². The number of esters is 1. The van der Waals surface area contributed by atoms with Crippen LogP contribution in [0.4, 0.5) is 5.69 Å². The molecule has 0 aliphatic heterocycles. The molecule has 1 aromatic carbocycles. The quantitative estimate of drug-likeness (QED) is 0.742. The minimum atomic E-state index is -0.584. The van der Waals surface area contributed by atoms with Crippen molar-refractivity contribution in [3.05, 3.63) is 24.3 Å². The fourth-order valence-electron chi connectivity index (χ4n) is 1.81. The van der Waals surface area contributed by atoms with Gasteiger partial charge in [-0.25, -0.2) is 0 Å². The molecular weight excluding hydrogens is 266 g/mol. The van der Waals surface area contributed by atoms with Crippen molar-refractivity contribution < 1.29 is 14.3 Å². The maximum Gasteiger partial charge on any atom is 0.313 e. The highest BCUT2D eigenvalue weighted by Crippen LogP contribution is 2.26. The van der Waals surface area contributed by atoms with E-state index in [1.54, 1.807) is 0 Å². The zero-order valence-corrected chi connectivity index (χ0v) is 13.7. The van der Waals surface area contributed by atoms with Crippen molar-refractivity contribution in [2.45, 2.75) is 34.1 Å². The summed E-state index contributed by atoms with van der Waals surface area (Å²) in [6.45, 7) is 9.24. The molecule has 0 fully saturated rings. The van der Waals surface area contributed by atoms with Crippen LogP contribution in [0.2, 0.25) is 0 Å². The molecular formula is C17H27NO3. The summed E-state index contributed by atoms with van der Waals surface area (Å²) in [7, 11) is 1.41. The molecule has 0 saturated heterocycles. The lowest BCUT2D eigenvalue weighted by Crippen LogP contribution is -2.33. The van der Waals surface area contributed by atoms with Crippen LogP contribution in [0.15, 0.2) is 24.3 Å². The van der Waals surface area contributed by atoms with E-state index in [4.69, 9.17) is 9.47 Å². The number of ether oxygens (including phenoxy) is 2. The second-order valence-electron chi connectivity index (χ2n) is 6.26. The zero-order valence-electron chi connectivity index (χ0n) is 13.7. The number of anilines is 1. The standard InChI is InChI=1S/C17H27NO3/c1-13(2)10-11-21-15-9-7-6-8-14(15)18-12-17(3,4)16(19)20-5/h6-9,13,18H,10-12H2,1-5H3. The summed E-state index contributed by atoms with van der Waals surface area (Å²) in [5.74, 6) is 1.20. The van der Waals surface area contributed by atoms with Crippen molar-refractivity contribution in [2.24, 2.45) is 11.3 Å². The molecule has 0 saturated carbocycles. The number of rotatable bonds is 8. The van der Waals surface area contributed by atoms with Gasteiger partial charge in [-0.3, -0.25) is 4.79 Å². The Balaban J connectivity index is 2.64. The van der Waals surface area contributed by atoms with Crippen molar-refractivity contribution in [1.29, 1.82) is 0 Å². The Morgan fingerprint density at radius 2 is 1.95 bits per heavy atom. The molecule has 0 amide bonds. The minimum absolute atomic E-state index is 0.229. The van der Waals surface area contributed by atoms with Gasteiger partial charge in [0.15, 0.2) is 0 Å². The molecule has 0 atom stereocenters. The van der Waals surface area contributed by atoms with Gasteiger partial charge in [0.05, 0.1) is 24.8 Å². The van der Waals surface area contributed by atoms with Gasteiger partial charge in [-0.1, -0.05) is 26.0 Å². The van der Waals surface area contributed by atoms with E-state index in [0.717, 1.165) is 17.9 Å². The summed E-state index contributed by atoms with van der Waals surface area (Å²) >= 11 is 0. The van der Waals surface area contributed by atoms with Gasteiger partial charge in [-0.05, 0) is 38.3 Å². The summed E-state index contributed by atoms with van der Waals surface area (Å²) in [5.41, 5.74) is 0.318. The first-order valence-corrected chi connectivity index (χ1v) is 7.41. The van der Waals surface area contributed by atoms with Gasteiger partial charge in [0.1, 0.15) is 5.75 Å². The first-order valence-electron chi connectivity index (χ1n) is 7.41. The fraction of sp³-hybridized carbons (Fsp3) is 0.588. The Morgan fingerprint density at radius 1 is 1.29 bits per heavy atom. The minimum Gasteiger partial charge on any atom is -0.491 e. The van der Waals surface area contributed by atoms with Crippen LogP contribution in [0.3, 0.4) is 0 Å². The van der Waals surface area contributed by atoms with Gasteiger partial charge in [0.25, 0.3) is 0 Å². The largest absolute Gasteiger partial charge is 0.491 e. The molecule has 0 aliphatic carbocycles. The van der Waals surface area contributed by atoms with E-state index < -0.39 is 5.41 Å². The van der Waals surface area contributed by atoms with Gasteiger partial charge < -0.3 is 14.8 Å². The van der Waals surface area contributed by atoms with Crippen LogP contribution in [0.5, 0.6) is 5.75 Å². The average Bonchev–Trinajstić information content (AvgIpc) is 2.45. The lowest BCUT2D eigenvalue weighted by Gasteiger charge is -2.23. The average molecular weight is 293 g/mol. The van der Waals surface area contributed by atoms with Crippen LogP contribution < -0.4 is 10.1 Å². The Labute approximate surface area is 127 Å². The van der Waals surface area contributed by atoms with Crippen LogP contribution >= 0.6 is 0 Å². The third-order valence-corrected chi connectivity index (χ3v) is 3.30. The van der Waals surface area contributed by atoms with E-state index >= 15 is 0 Å². The van der Waals surface area contributed by atoms with E-state index in [2.05, 4.69) is 19.2 Å². The maximum absolute atomic E-state index is 11.7. The Bertz CT molecular complexity index is 455. The molecule has 0 aliphatic rings. The van der Waals surface area contributed by atoms with Crippen molar-refractivity contribution in [1.82, 2.24) is 0 Å². The number of hydrogen-bond donors (Lipinski definition) is 1. The molecule has 0 heterocycles. The number of nitrogens with one attached hydrogen (secondary N) is 1. The third-order valence-electron chi connectivity index (χ3n) is 3.30. The topological polar surface area (TPSA) is 47.6 Å². The van der Waals surface area contributed by atoms with Crippen molar-refractivity contribution >= 4 is 11.7 Å². The highest BCUT2D eigenvalue weighted by atomic mass is 16.5. The molecule has 0 unspecified atom stereocenters. The monoisotopic (exact) mass is 293 g/mol. The van der Waals surface area contributed by atoms with Gasteiger partial charge in [0.2, 0.25) is 0 Å². The molecule has 4 heteroatoms. The van der Waals surface area contributed by atoms with Gasteiger partial charge >= 0.3 is 5.97 Å². The molecule has 1 rings (SSSR count). The molecule has 0 aromatic heterocycles. The smallest absolute Gasteiger partial charge is 0.313 e. The summed E-state index contributed by atoms with van der Waals surface area (Å²) < 4.78 is 10.6. The van der Waals surface area contributed by atoms with Gasteiger partial charge in [-0.15, -0.1) is 0 Å². The second-order valence-corrected chi connectivity index (χ2v) is 6.26. The van der Waals surface area contributed by atoms with Crippen LogP contribution in [0.1, 0.15) is 34.1 Å². The zero-order chi connectivity index (χ0) is 15.9. The van der Waals surface area contributed by atoms with E-state index in [0.29, 0.717) is 19.1 Å². The Kier molecular flexibility index (Phi) is 6.53. The summed E-state index contributed by atoms with van der Waals surface area (Å²) in [6, 6.07) is 7.79. The van der Waals surface area contributed by atoms with Crippen LogP contribution in [0.25, 0.3) is 0 Å². The van der Waals surface area contributed by atoms with Crippen LogP contribution in [0, 0.1) is 11.3 Å². The molecule has 21 heavy (non-hydrogen) atoms. The van der Waals surface area contributed by atoms with E-state index in [1.165, 1.54) is 7.11 Å². The Hall–Kier alpha value is -1.71. The van der Waals surface area contributed by atoms with Crippen molar-refractivity contribution in [2.75, 3.05) is 25.6 Å². The number of methoxy groups -OCH3 is 1. The molecule has 1 N–H and O–H groups in total. The number of benzene rings is 1. The number of carbonyl (C=O) groups is 1. The lowest BCUT2D eigenvalue weighted by atomic mass is 9.93. The second kappa shape index (κ2) is 7.91. The molecule has 118 valence electrons. The lowest BCUT2D eigenvalue weighted by molar-refractivity contribution is -0.149. The molecule has 0 bridgehead atoms. The SMILES string of the molecule is COC(=O)C(C)(C)CNc1ccccc1OCCC(C)C. The first-order chi connectivity index (χ1) is 9.86. The predicted octanol–water partition coefficient (Wildman–Crippen LogP) is 3.72. The normalized spacial score (nSPS) is 11.3. The fourth-order valence-corrected chi connectivity index (χ4v) is 1.81. The first kappa shape index (κ1) is 17.3. The predicted molar refractivity (Wildman–Crippen MR) is 85.7 cm³/mol. The molecule has 0 spiro atoms. The molecule has 1 aromatic rings. The highest BCUT2D eigenvalue weighted by molar-refractivity contribution is 5.76. The summed E-state index contributed by atoms with van der Waals surface area (Å²) in [6.07, 6.45) is 1.02. The molecule has 4 nitrogen and oxygen atoms in total. The Morgan fingerprint density at radius 3 is 2.57 bits per heavy atom. The number of hydrogen-bond acceptors (Lipinski definition) is 4. The van der Waals surface area contributed by atoms with Crippen LogP contribution in [-0.4, -0.2) is 26.2 Å². The van der Waals surface area contributed by atoms with Gasteiger partial charge in [0, 0.05) is 6.54 Å². The van der Waals surface area contributed by atoms with E-state index in [-0.39, 0.29) is 5.97 Å². The number of para-hydroxylation sites is 2. The number of carbonyl (C=O) groups excluding carboxylic acids is 1. The summed E-state index contributed by atoms with van der Waals surface area (Å²) in [5, 5.41) is 3.28. The third kappa shape index (κ3) is 5.66. The van der Waals surface area contributed by atoms with E-state index in [9.17, 15) is 4.79 Å². The molecule has 0 radical (unpaired) electrons. The van der Waals surface area contributed by atoms with Crippen molar-refractivity contribution in [3.63, 3.8) is 0 Å². The van der Waals surface area contributed by atoms with Crippen molar-refractivity contribution in [3.8, 4) is 5.75 Å². The summed E-state index contributed by atoms with van der Waals surface area (Å²) in [4.78, 5) is 11.7. The highest BCUT2D eigenvalue weighted by Gasteiger charge is 2.28. The van der Waals surface area contributed by atoms with E-state index in [1.807, 2.05) is 38.1 Å². The van der Waals surface area contributed by atoms with Gasteiger partial charge in [-0.2, -0.15) is 0 Å².